The molecule has 0 radical (unpaired) electrons. The van der Waals surface area contributed by atoms with Crippen LogP contribution in [-0.2, 0) is 24.4 Å². The average molecular weight is 794 g/mol. The number of hydrogen-bond acceptors (Lipinski definition) is 10. The van der Waals surface area contributed by atoms with Crippen LogP contribution in [0.2, 0.25) is 0 Å². The molecule has 4 N–H and O–H groups in total. The van der Waals surface area contributed by atoms with Crippen LogP contribution in [0.1, 0.15) is 79.6 Å². The lowest BCUT2D eigenvalue weighted by molar-refractivity contribution is -0.142. The summed E-state index contributed by atoms with van der Waals surface area (Å²) in [6.07, 6.45) is 8.13. The van der Waals surface area contributed by atoms with Gasteiger partial charge in [-0.15, -0.1) is 0 Å². The van der Waals surface area contributed by atoms with Crippen molar-refractivity contribution < 1.29 is 37.1 Å². The largest absolute Gasteiger partial charge is 0.489 e. The summed E-state index contributed by atoms with van der Waals surface area (Å²) >= 11 is 0. The number of allylic oxidation sites excluding steroid dienone is 1. The lowest BCUT2D eigenvalue weighted by Crippen LogP contribution is -2.60. The number of nitrogens with zero attached hydrogens (tertiary/aromatic N) is 3. The number of carbonyl (C=O) groups excluding carboxylic acids is 4. The summed E-state index contributed by atoms with van der Waals surface area (Å²) in [7, 11) is -1.89. The van der Waals surface area contributed by atoms with Crippen molar-refractivity contribution in [2.75, 3.05) is 31.6 Å². The Morgan fingerprint density at radius 3 is 2.57 bits per heavy atom. The lowest BCUT2D eigenvalue weighted by Gasteiger charge is -2.33. The first-order valence-corrected chi connectivity index (χ1v) is 21.4. The predicted molar refractivity (Wildman–Crippen MR) is 211 cm³/mol. The van der Waals surface area contributed by atoms with Gasteiger partial charge in [-0.25, -0.2) is 18.2 Å². The van der Waals surface area contributed by atoms with E-state index in [0.717, 1.165) is 29.8 Å². The Morgan fingerprint density at radius 2 is 1.84 bits per heavy atom. The molecule has 1 aromatic heterocycles. The summed E-state index contributed by atoms with van der Waals surface area (Å²) in [5, 5.41) is 9.65. The van der Waals surface area contributed by atoms with Gasteiger partial charge in [0.2, 0.25) is 27.7 Å². The van der Waals surface area contributed by atoms with E-state index < -0.39 is 74.2 Å². The fourth-order valence-corrected chi connectivity index (χ4v) is 9.68. The first-order valence-electron chi connectivity index (χ1n) is 19.8. The zero-order chi connectivity index (χ0) is 40.2. The minimum absolute atomic E-state index is 0.000896. The van der Waals surface area contributed by atoms with Crippen LogP contribution in [0.5, 0.6) is 11.6 Å². The quantitative estimate of drug-likeness (QED) is 0.316. The van der Waals surface area contributed by atoms with Crippen molar-refractivity contribution in [1.29, 1.82) is 0 Å². The number of benzene rings is 1. The highest BCUT2D eigenvalue weighted by Crippen LogP contribution is 2.46. The van der Waals surface area contributed by atoms with E-state index in [-0.39, 0.29) is 31.2 Å². The molecule has 16 heteroatoms. The molecule has 0 bridgehead atoms. The van der Waals surface area contributed by atoms with Crippen LogP contribution in [-0.4, -0.2) is 103 Å². The second kappa shape index (κ2) is 15.1. The number of rotatable bonds is 6. The lowest BCUT2D eigenvalue weighted by atomic mass is 9.88. The van der Waals surface area contributed by atoms with Gasteiger partial charge in [0.25, 0.3) is 5.91 Å². The van der Waals surface area contributed by atoms with E-state index in [1.165, 1.54) is 4.90 Å². The molecule has 1 aromatic carbocycles. The summed E-state index contributed by atoms with van der Waals surface area (Å²) in [6.45, 7) is 10.9. The first-order chi connectivity index (χ1) is 26.5. The van der Waals surface area contributed by atoms with Gasteiger partial charge >= 0.3 is 6.03 Å². The molecule has 5 aliphatic rings. The molecule has 0 unspecified atom stereocenters. The number of carbonyl (C=O) groups is 4. The second-order valence-corrected chi connectivity index (χ2v) is 19.4. The highest BCUT2D eigenvalue weighted by atomic mass is 32.2. The number of anilines is 1. The van der Waals surface area contributed by atoms with E-state index in [1.54, 1.807) is 6.20 Å². The molecule has 1 saturated heterocycles. The van der Waals surface area contributed by atoms with Crippen molar-refractivity contribution in [3.05, 3.63) is 36.5 Å². The molecule has 2 aromatic rings. The van der Waals surface area contributed by atoms with Crippen molar-refractivity contribution in [3.8, 4) is 11.6 Å². The molecule has 2 saturated carbocycles. The highest BCUT2D eigenvalue weighted by Gasteiger charge is 2.62. The van der Waals surface area contributed by atoms with E-state index in [1.807, 2.05) is 65.1 Å². The second-order valence-electron chi connectivity index (χ2n) is 17.5. The minimum atomic E-state index is -3.90. The number of urea groups is 1. The first kappa shape index (κ1) is 39.6. The smallest absolute Gasteiger partial charge is 0.315 e. The standard InChI is InChI=1S/C40H55N7O8S/c1-23-9-7-8-10-25-21-40(25,37(50)45-56(52,53)27-11-12-27)43-34(48)31-20-26(22-47(31)36(49)32(24(2)19-23)42-38(51)44-39(3,4)5)55-35-29-13-14-30-33(28(29)15-16-41-35)54-18-17-46(30)6/h8,10,13-16,23-27,31-32H,7,9,11-12,17-22H2,1-6H3,(H,43,48)(H,45,50)(H2,42,44,51)/b10-8-/t23-,24-,25-,26-,31+,32-,40-/m1/s1. The zero-order valence-corrected chi connectivity index (χ0v) is 33.9. The van der Waals surface area contributed by atoms with Gasteiger partial charge in [0.05, 0.1) is 24.0 Å². The van der Waals surface area contributed by atoms with Gasteiger partial charge in [0.15, 0.2) is 5.75 Å². The number of ether oxygens (including phenoxy) is 2. The molecule has 15 nitrogen and oxygen atoms in total. The molecule has 5 amide bonds. The molecular formula is C40H55N7O8S. The van der Waals surface area contributed by atoms with Crippen molar-refractivity contribution in [2.45, 2.75) is 114 Å². The Balaban J connectivity index is 1.22. The molecule has 56 heavy (non-hydrogen) atoms. The summed E-state index contributed by atoms with van der Waals surface area (Å²) in [5.74, 6) is -1.35. The van der Waals surface area contributed by atoms with Gasteiger partial charge in [-0.2, -0.15) is 0 Å². The van der Waals surface area contributed by atoms with Crippen molar-refractivity contribution in [2.24, 2.45) is 17.8 Å². The Labute approximate surface area is 328 Å². The van der Waals surface area contributed by atoms with Crippen LogP contribution in [0.15, 0.2) is 36.5 Å². The Bertz CT molecular complexity index is 2030. The van der Waals surface area contributed by atoms with Crippen LogP contribution in [0.3, 0.4) is 0 Å². The zero-order valence-electron chi connectivity index (χ0n) is 33.1. The number of nitrogens with one attached hydrogen (secondary N) is 4. The predicted octanol–water partition coefficient (Wildman–Crippen LogP) is 3.37. The maximum Gasteiger partial charge on any atom is 0.315 e. The molecular weight excluding hydrogens is 739 g/mol. The summed E-state index contributed by atoms with van der Waals surface area (Å²) in [5.41, 5.74) is -1.13. The van der Waals surface area contributed by atoms with E-state index in [0.29, 0.717) is 43.6 Å². The van der Waals surface area contributed by atoms with Crippen LogP contribution in [0, 0.1) is 17.8 Å². The molecule has 7 rings (SSSR count). The number of pyridine rings is 1. The molecule has 7 atom stereocenters. The third-order valence-electron chi connectivity index (χ3n) is 11.6. The van der Waals surface area contributed by atoms with Gasteiger partial charge in [-0.05, 0) is 89.3 Å². The van der Waals surface area contributed by atoms with Gasteiger partial charge < -0.3 is 35.2 Å². The third kappa shape index (κ3) is 8.25. The number of amides is 5. The van der Waals surface area contributed by atoms with E-state index in [2.05, 4.69) is 37.5 Å². The normalized spacial score (nSPS) is 30.3. The summed E-state index contributed by atoms with van der Waals surface area (Å²) < 4.78 is 40.7. The molecule has 3 aliphatic heterocycles. The summed E-state index contributed by atoms with van der Waals surface area (Å²) in [6, 6.07) is 3.15. The van der Waals surface area contributed by atoms with E-state index in [4.69, 9.17) is 9.47 Å². The molecule has 4 heterocycles. The maximum atomic E-state index is 14.8. The fourth-order valence-electron chi connectivity index (χ4n) is 8.31. The Kier molecular flexibility index (Phi) is 10.7. The number of sulfonamides is 1. The van der Waals surface area contributed by atoms with Crippen molar-refractivity contribution >= 4 is 50.2 Å². The maximum absolute atomic E-state index is 14.8. The van der Waals surface area contributed by atoms with Gasteiger partial charge in [0, 0.05) is 41.9 Å². The Morgan fingerprint density at radius 1 is 1.07 bits per heavy atom. The fraction of sp³-hybridized carbons (Fsp3) is 0.625. The third-order valence-corrected chi connectivity index (χ3v) is 13.4. The van der Waals surface area contributed by atoms with E-state index in [9.17, 15) is 27.6 Å². The molecule has 2 aliphatic carbocycles. The van der Waals surface area contributed by atoms with Crippen LogP contribution in [0.4, 0.5) is 10.5 Å². The van der Waals surface area contributed by atoms with Gasteiger partial charge in [-0.3, -0.25) is 19.1 Å². The number of hydrogen-bond donors (Lipinski definition) is 4. The van der Waals surface area contributed by atoms with Crippen LogP contribution >= 0.6 is 0 Å². The highest BCUT2D eigenvalue weighted by molar-refractivity contribution is 7.91. The van der Waals surface area contributed by atoms with Crippen LogP contribution in [0.25, 0.3) is 10.8 Å². The monoisotopic (exact) mass is 793 g/mol. The average Bonchev–Trinajstić information content (AvgIpc) is 4.05. The summed E-state index contributed by atoms with van der Waals surface area (Å²) in [4.78, 5) is 64.7. The Hall–Kier alpha value is -4.60. The van der Waals surface area contributed by atoms with Gasteiger partial charge in [0.1, 0.15) is 30.3 Å². The number of likely N-dealkylation sites (N-methyl/N-ethyl adjacent to an activating group) is 1. The number of fused-ring (bicyclic) bond motifs is 5. The topological polar surface area (TPSA) is 188 Å². The van der Waals surface area contributed by atoms with Crippen molar-refractivity contribution in [1.82, 2.24) is 30.6 Å². The van der Waals surface area contributed by atoms with Gasteiger partial charge in [-0.1, -0.05) is 26.0 Å². The minimum Gasteiger partial charge on any atom is -0.489 e. The SMILES string of the molecule is C[C@@H]1CC/C=C\[C@@H]2C[C@@]2(C(=O)NS(=O)(=O)C2CC2)NC(=O)[C@@H]2C[C@@H](Oc3nccc4c5c(ccc34)N(C)CCO5)CN2C(=O)[C@H](NC(=O)NC(C)(C)C)[C@H](C)C1. The van der Waals surface area contributed by atoms with Crippen LogP contribution < -0.4 is 35.0 Å². The molecule has 3 fully saturated rings. The van der Waals surface area contributed by atoms with E-state index >= 15 is 0 Å². The van der Waals surface area contributed by atoms with Crippen molar-refractivity contribution in [3.63, 3.8) is 0 Å². The molecule has 0 spiro atoms. The number of aromatic nitrogens is 1. The molecule has 304 valence electrons.